The summed E-state index contributed by atoms with van der Waals surface area (Å²) in [6.45, 7) is 4.99. The Morgan fingerprint density at radius 3 is 3.00 bits per heavy atom. The fraction of sp³-hybridized carbons (Fsp3) is 0.308. The number of rotatable bonds is 4. The third-order valence-corrected chi connectivity index (χ3v) is 2.72. The van der Waals surface area contributed by atoms with Crippen molar-refractivity contribution in [1.29, 1.82) is 0 Å². The molecule has 1 N–H and O–H groups in total. The zero-order valence-electron chi connectivity index (χ0n) is 9.60. The van der Waals surface area contributed by atoms with Gasteiger partial charge in [0.15, 0.2) is 0 Å². The molecule has 0 amide bonds. The van der Waals surface area contributed by atoms with Crippen LogP contribution >= 0.6 is 0 Å². The van der Waals surface area contributed by atoms with Crippen LogP contribution in [-0.4, -0.2) is 4.98 Å². The number of hydrogen-bond acceptors (Lipinski definition) is 3. The van der Waals surface area contributed by atoms with Crippen molar-refractivity contribution in [3.8, 4) is 0 Å². The van der Waals surface area contributed by atoms with Gasteiger partial charge in [-0.15, -0.1) is 0 Å². The van der Waals surface area contributed by atoms with Crippen LogP contribution in [0.2, 0.25) is 0 Å². The summed E-state index contributed by atoms with van der Waals surface area (Å²) in [6.07, 6.45) is 5.41. The molecule has 3 heteroatoms. The Morgan fingerprint density at radius 2 is 2.31 bits per heavy atom. The highest BCUT2D eigenvalue weighted by Gasteiger charge is 2.07. The second-order valence-corrected chi connectivity index (χ2v) is 3.92. The summed E-state index contributed by atoms with van der Waals surface area (Å²) >= 11 is 0. The average molecular weight is 216 g/mol. The number of nitrogens with one attached hydrogen (secondary N) is 1. The number of aryl methyl sites for hydroxylation is 1. The molecule has 84 valence electrons. The van der Waals surface area contributed by atoms with Crippen LogP contribution in [0.3, 0.4) is 0 Å². The maximum atomic E-state index is 5.34. The number of aromatic nitrogens is 1. The highest BCUT2D eigenvalue weighted by molar-refractivity contribution is 5.21. The molecule has 3 nitrogen and oxygen atoms in total. The highest BCUT2D eigenvalue weighted by Crippen LogP contribution is 2.13. The summed E-state index contributed by atoms with van der Waals surface area (Å²) in [4.78, 5) is 4.12. The molecular weight excluding hydrogens is 200 g/mol. The quantitative estimate of drug-likeness (QED) is 0.854. The first-order valence-electron chi connectivity index (χ1n) is 5.43. The molecule has 0 spiro atoms. The summed E-state index contributed by atoms with van der Waals surface area (Å²) in [6, 6.07) is 6.13. The summed E-state index contributed by atoms with van der Waals surface area (Å²) < 4.78 is 5.34. The number of nitrogens with zero attached hydrogens (tertiary/aromatic N) is 1. The van der Waals surface area contributed by atoms with Crippen molar-refractivity contribution < 1.29 is 4.42 Å². The molecule has 0 saturated heterocycles. The molecule has 0 aromatic carbocycles. The predicted octanol–water partition coefficient (Wildman–Crippen LogP) is 2.83. The Balaban J connectivity index is 1.95. The van der Waals surface area contributed by atoms with Gasteiger partial charge in [-0.1, -0.05) is 0 Å². The fourth-order valence-corrected chi connectivity index (χ4v) is 1.58. The fourth-order valence-electron chi connectivity index (χ4n) is 1.58. The van der Waals surface area contributed by atoms with Crippen LogP contribution in [0.5, 0.6) is 0 Å². The van der Waals surface area contributed by atoms with Crippen LogP contribution in [0.4, 0.5) is 0 Å². The molecule has 0 unspecified atom stereocenters. The Hall–Kier alpha value is -1.61. The van der Waals surface area contributed by atoms with Gasteiger partial charge in [-0.2, -0.15) is 0 Å². The first-order chi connectivity index (χ1) is 7.77. The topological polar surface area (TPSA) is 38.1 Å². The van der Waals surface area contributed by atoms with E-state index in [-0.39, 0.29) is 6.04 Å². The minimum atomic E-state index is 0.217. The zero-order valence-corrected chi connectivity index (χ0v) is 9.60. The van der Waals surface area contributed by atoms with E-state index in [9.17, 15) is 0 Å². The van der Waals surface area contributed by atoms with Gasteiger partial charge in [-0.05, 0) is 43.2 Å². The third-order valence-electron chi connectivity index (χ3n) is 2.72. The zero-order chi connectivity index (χ0) is 11.4. The predicted molar refractivity (Wildman–Crippen MR) is 62.9 cm³/mol. The molecular formula is C13H16N2O. The van der Waals surface area contributed by atoms with E-state index < -0.39 is 0 Å². The molecule has 0 radical (unpaired) electrons. The van der Waals surface area contributed by atoms with Gasteiger partial charge in [0.05, 0.1) is 12.3 Å². The van der Waals surface area contributed by atoms with Crippen LogP contribution in [0.15, 0.2) is 41.3 Å². The molecule has 2 aromatic rings. The van der Waals surface area contributed by atoms with Gasteiger partial charge in [0.25, 0.3) is 0 Å². The number of hydrogen-bond donors (Lipinski definition) is 1. The second kappa shape index (κ2) is 4.94. The molecule has 0 bridgehead atoms. The number of furan rings is 1. The van der Waals surface area contributed by atoms with E-state index >= 15 is 0 Å². The summed E-state index contributed by atoms with van der Waals surface area (Å²) in [5.41, 5.74) is 2.48. The largest absolute Gasteiger partial charge is 0.468 e. The summed E-state index contributed by atoms with van der Waals surface area (Å²) in [5, 5.41) is 3.41. The van der Waals surface area contributed by atoms with E-state index in [1.54, 1.807) is 6.26 Å². The van der Waals surface area contributed by atoms with Gasteiger partial charge < -0.3 is 9.73 Å². The monoisotopic (exact) mass is 216 g/mol. The van der Waals surface area contributed by atoms with Gasteiger partial charge in [0.1, 0.15) is 5.76 Å². The highest BCUT2D eigenvalue weighted by atomic mass is 16.3. The lowest BCUT2D eigenvalue weighted by atomic mass is 10.1. The van der Waals surface area contributed by atoms with Crippen molar-refractivity contribution in [3.63, 3.8) is 0 Å². The number of pyridine rings is 1. The molecule has 16 heavy (non-hydrogen) atoms. The molecule has 0 fully saturated rings. The summed E-state index contributed by atoms with van der Waals surface area (Å²) in [5.74, 6) is 0.960. The molecule has 0 aliphatic heterocycles. The van der Waals surface area contributed by atoms with E-state index in [2.05, 4.69) is 24.1 Å². The van der Waals surface area contributed by atoms with Gasteiger partial charge in [-0.25, -0.2) is 0 Å². The molecule has 0 aliphatic carbocycles. The average Bonchev–Trinajstić information content (AvgIpc) is 2.81. The summed E-state index contributed by atoms with van der Waals surface area (Å²) in [7, 11) is 0. The van der Waals surface area contributed by atoms with Crippen LogP contribution < -0.4 is 5.32 Å². The lowest BCUT2D eigenvalue weighted by Crippen LogP contribution is -2.18. The van der Waals surface area contributed by atoms with Gasteiger partial charge in [0.2, 0.25) is 0 Å². The second-order valence-electron chi connectivity index (χ2n) is 3.92. The van der Waals surface area contributed by atoms with Crippen molar-refractivity contribution >= 4 is 0 Å². The van der Waals surface area contributed by atoms with E-state index in [1.165, 1.54) is 11.1 Å². The van der Waals surface area contributed by atoms with Crippen molar-refractivity contribution in [2.75, 3.05) is 0 Å². The SMILES string of the molecule is Cc1ccncc1CN[C@H](C)c1ccco1. The van der Waals surface area contributed by atoms with Crippen LogP contribution in [0, 0.1) is 6.92 Å². The standard InChI is InChI=1S/C13H16N2O/c1-10-5-6-14-8-12(10)9-15-11(2)13-4-3-7-16-13/h3-8,11,15H,9H2,1-2H3/t11-/m1/s1. The molecule has 0 aliphatic rings. The molecule has 1 atom stereocenters. The van der Waals surface area contributed by atoms with Gasteiger partial charge in [-0.3, -0.25) is 4.98 Å². The van der Waals surface area contributed by atoms with E-state index in [4.69, 9.17) is 4.42 Å². The first-order valence-corrected chi connectivity index (χ1v) is 5.43. The molecule has 0 saturated carbocycles. The van der Waals surface area contributed by atoms with Crippen molar-refractivity contribution in [1.82, 2.24) is 10.3 Å². The molecule has 2 heterocycles. The Labute approximate surface area is 95.5 Å². The smallest absolute Gasteiger partial charge is 0.120 e. The van der Waals surface area contributed by atoms with Crippen LogP contribution in [0.25, 0.3) is 0 Å². The third kappa shape index (κ3) is 2.49. The lowest BCUT2D eigenvalue weighted by molar-refractivity contribution is 0.430. The van der Waals surface area contributed by atoms with Gasteiger partial charge >= 0.3 is 0 Å². The lowest BCUT2D eigenvalue weighted by Gasteiger charge is -2.12. The van der Waals surface area contributed by atoms with E-state index in [0.29, 0.717) is 0 Å². The molecule has 2 aromatic heterocycles. The molecule has 2 rings (SSSR count). The Morgan fingerprint density at radius 1 is 1.44 bits per heavy atom. The van der Waals surface area contributed by atoms with E-state index in [1.807, 2.05) is 30.6 Å². The van der Waals surface area contributed by atoms with Crippen LogP contribution in [0.1, 0.15) is 29.9 Å². The van der Waals surface area contributed by atoms with Crippen molar-refractivity contribution in [3.05, 3.63) is 53.7 Å². The van der Waals surface area contributed by atoms with Gasteiger partial charge in [0, 0.05) is 18.9 Å². The minimum Gasteiger partial charge on any atom is -0.468 e. The Kier molecular flexibility index (Phi) is 3.37. The van der Waals surface area contributed by atoms with E-state index in [0.717, 1.165) is 12.3 Å². The Bertz CT molecular complexity index is 437. The normalized spacial score (nSPS) is 12.6. The maximum Gasteiger partial charge on any atom is 0.120 e. The van der Waals surface area contributed by atoms with Crippen molar-refractivity contribution in [2.24, 2.45) is 0 Å². The maximum absolute atomic E-state index is 5.34. The minimum absolute atomic E-state index is 0.217. The first kappa shape index (κ1) is 10.9. The van der Waals surface area contributed by atoms with Crippen LogP contribution in [-0.2, 0) is 6.54 Å². The van der Waals surface area contributed by atoms with Crippen molar-refractivity contribution in [2.45, 2.75) is 26.4 Å².